The van der Waals surface area contributed by atoms with E-state index in [1.165, 1.54) is 0 Å². The molecule has 0 saturated heterocycles. The third kappa shape index (κ3) is 9.15. The summed E-state index contributed by atoms with van der Waals surface area (Å²) in [5.74, 6) is -0.765. The molecule has 0 aromatic heterocycles. The van der Waals surface area contributed by atoms with Gasteiger partial charge in [0.05, 0.1) is 13.2 Å². The highest BCUT2D eigenvalue weighted by Crippen LogP contribution is 2.28. The number of carboxylic acid groups (broad SMARTS) is 1. The Morgan fingerprint density at radius 1 is 0.917 bits per heavy atom. The first-order chi connectivity index (χ1) is 17.4. The molecule has 6 nitrogen and oxygen atoms in total. The summed E-state index contributed by atoms with van der Waals surface area (Å²) in [6.07, 6.45) is 2.28. The van der Waals surface area contributed by atoms with Crippen LogP contribution in [-0.2, 0) is 22.7 Å². The molecule has 1 unspecified atom stereocenters. The van der Waals surface area contributed by atoms with Gasteiger partial charge in [-0.25, -0.2) is 4.79 Å². The van der Waals surface area contributed by atoms with Crippen LogP contribution in [0.3, 0.4) is 0 Å². The summed E-state index contributed by atoms with van der Waals surface area (Å²) in [7, 11) is 3.75. The molecule has 0 fully saturated rings. The highest BCUT2D eigenvalue weighted by Gasteiger charge is 2.22. The SMILES string of the molecule is CNC.CSCCC(NC(=O)c1ccc(COCc2ccccc2)cc1-c1ccccc1C)C(=O)O. The number of aryl methyl sites for hydroxylation is 1. The fourth-order valence-electron chi connectivity index (χ4n) is 3.57. The second kappa shape index (κ2) is 15.8. The summed E-state index contributed by atoms with van der Waals surface area (Å²) >= 11 is 1.55. The molecule has 0 heterocycles. The van der Waals surface area contributed by atoms with Crippen molar-refractivity contribution in [2.75, 3.05) is 26.1 Å². The van der Waals surface area contributed by atoms with Crippen molar-refractivity contribution in [3.8, 4) is 11.1 Å². The van der Waals surface area contributed by atoms with Crippen molar-refractivity contribution in [3.05, 3.63) is 95.1 Å². The van der Waals surface area contributed by atoms with E-state index in [0.29, 0.717) is 31.0 Å². The fraction of sp³-hybridized carbons (Fsp3) is 0.310. The summed E-state index contributed by atoms with van der Waals surface area (Å²) in [6.45, 7) is 2.90. The van der Waals surface area contributed by atoms with Crippen LogP contribution in [0.5, 0.6) is 0 Å². The Balaban J connectivity index is 0.00000145. The van der Waals surface area contributed by atoms with E-state index in [-0.39, 0.29) is 0 Å². The molecule has 7 heteroatoms. The van der Waals surface area contributed by atoms with E-state index >= 15 is 0 Å². The van der Waals surface area contributed by atoms with Crippen LogP contribution in [-0.4, -0.2) is 49.1 Å². The number of nitrogens with one attached hydrogen (secondary N) is 2. The van der Waals surface area contributed by atoms with Crippen molar-refractivity contribution in [3.63, 3.8) is 0 Å². The number of carboxylic acids is 1. The largest absolute Gasteiger partial charge is 0.480 e. The Morgan fingerprint density at radius 3 is 2.19 bits per heavy atom. The number of hydrogen-bond donors (Lipinski definition) is 3. The lowest BCUT2D eigenvalue weighted by Gasteiger charge is -2.17. The Bertz CT molecular complexity index is 1110. The molecule has 36 heavy (non-hydrogen) atoms. The Hall–Kier alpha value is -3.13. The van der Waals surface area contributed by atoms with E-state index < -0.39 is 17.9 Å². The zero-order chi connectivity index (χ0) is 26.3. The van der Waals surface area contributed by atoms with E-state index in [0.717, 1.165) is 27.8 Å². The van der Waals surface area contributed by atoms with Gasteiger partial charge in [0.25, 0.3) is 5.91 Å². The summed E-state index contributed by atoms with van der Waals surface area (Å²) < 4.78 is 5.89. The molecule has 0 saturated carbocycles. The lowest BCUT2D eigenvalue weighted by atomic mass is 9.93. The highest BCUT2D eigenvalue weighted by atomic mass is 32.2. The molecule has 0 aliphatic rings. The van der Waals surface area contributed by atoms with Gasteiger partial charge in [0.2, 0.25) is 0 Å². The van der Waals surface area contributed by atoms with Crippen LogP contribution < -0.4 is 10.6 Å². The summed E-state index contributed by atoms with van der Waals surface area (Å²) in [5.41, 5.74) is 5.22. The maximum Gasteiger partial charge on any atom is 0.326 e. The molecular weight excluding hydrogens is 472 g/mol. The van der Waals surface area contributed by atoms with Gasteiger partial charge in [0, 0.05) is 5.56 Å². The highest BCUT2D eigenvalue weighted by molar-refractivity contribution is 7.98. The maximum absolute atomic E-state index is 13.1. The van der Waals surface area contributed by atoms with Crippen LogP contribution >= 0.6 is 11.8 Å². The number of aliphatic carboxylic acids is 1. The smallest absolute Gasteiger partial charge is 0.326 e. The molecule has 0 spiro atoms. The molecule has 1 amide bonds. The maximum atomic E-state index is 13.1. The lowest BCUT2D eigenvalue weighted by Crippen LogP contribution is -2.41. The summed E-state index contributed by atoms with van der Waals surface area (Å²) in [6, 6.07) is 22.5. The van der Waals surface area contributed by atoms with Gasteiger partial charge >= 0.3 is 5.97 Å². The normalized spacial score (nSPS) is 11.2. The molecule has 3 rings (SSSR count). The number of thioether (sulfide) groups is 1. The van der Waals surface area contributed by atoms with Gasteiger partial charge in [-0.2, -0.15) is 11.8 Å². The van der Waals surface area contributed by atoms with E-state index in [2.05, 4.69) is 10.6 Å². The minimum absolute atomic E-state index is 0.368. The fourth-order valence-corrected chi connectivity index (χ4v) is 4.04. The Morgan fingerprint density at radius 2 is 1.56 bits per heavy atom. The van der Waals surface area contributed by atoms with E-state index in [9.17, 15) is 14.7 Å². The minimum atomic E-state index is -1.03. The number of carbonyl (C=O) groups is 2. The number of rotatable bonds is 11. The molecule has 0 aliphatic heterocycles. The number of ether oxygens (including phenoxy) is 1. The second-order valence-corrected chi connectivity index (χ2v) is 9.30. The van der Waals surface area contributed by atoms with Crippen LogP contribution in [0.15, 0.2) is 72.8 Å². The first kappa shape index (κ1) is 29.1. The van der Waals surface area contributed by atoms with Crippen molar-refractivity contribution in [1.29, 1.82) is 0 Å². The summed E-state index contributed by atoms with van der Waals surface area (Å²) in [4.78, 5) is 24.8. The second-order valence-electron chi connectivity index (χ2n) is 8.32. The molecule has 192 valence electrons. The van der Waals surface area contributed by atoms with E-state index in [1.807, 2.05) is 94.0 Å². The predicted octanol–water partition coefficient (Wildman–Crippen LogP) is 5.15. The van der Waals surface area contributed by atoms with Crippen LogP contribution in [0.25, 0.3) is 11.1 Å². The van der Waals surface area contributed by atoms with Crippen molar-refractivity contribution in [1.82, 2.24) is 10.6 Å². The van der Waals surface area contributed by atoms with Gasteiger partial charge in [-0.3, -0.25) is 4.79 Å². The molecule has 0 radical (unpaired) electrons. The number of amides is 1. The van der Waals surface area contributed by atoms with Gasteiger partial charge in [-0.1, -0.05) is 60.7 Å². The van der Waals surface area contributed by atoms with Gasteiger partial charge in [0.1, 0.15) is 6.04 Å². The predicted molar refractivity (Wildman–Crippen MR) is 148 cm³/mol. The van der Waals surface area contributed by atoms with Crippen molar-refractivity contribution >= 4 is 23.6 Å². The number of benzene rings is 3. The van der Waals surface area contributed by atoms with Gasteiger partial charge in [-0.05, 0) is 79.4 Å². The zero-order valence-corrected chi connectivity index (χ0v) is 22.2. The first-order valence-electron chi connectivity index (χ1n) is 11.8. The molecule has 3 aromatic rings. The van der Waals surface area contributed by atoms with Gasteiger partial charge in [0.15, 0.2) is 0 Å². The van der Waals surface area contributed by atoms with Crippen molar-refractivity contribution in [2.45, 2.75) is 32.6 Å². The quantitative estimate of drug-likeness (QED) is 0.332. The average Bonchev–Trinajstić information content (AvgIpc) is 2.87. The molecule has 0 bridgehead atoms. The van der Waals surface area contributed by atoms with Crippen LogP contribution in [0, 0.1) is 6.92 Å². The Labute approximate surface area is 218 Å². The first-order valence-corrected chi connectivity index (χ1v) is 13.2. The average molecular weight is 509 g/mol. The van der Waals surface area contributed by atoms with Gasteiger partial charge < -0.3 is 20.5 Å². The topological polar surface area (TPSA) is 87.7 Å². The molecule has 0 aliphatic carbocycles. The monoisotopic (exact) mass is 508 g/mol. The third-order valence-corrected chi connectivity index (χ3v) is 6.00. The Kier molecular flexibility index (Phi) is 12.8. The van der Waals surface area contributed by atoms with Crippen molar-refractivity contribution in [2.24, 2.45) is 0 Å². The zero-order valence-electron chi connectivity index (χ0n) is 21.4. The molecule has 3 N–H and O–H groups in total. The van der Waals surface area contributed by atoms with Crippen molar-refractivity contribution < 1.29 is 19.4 Å². The molecular formula is C29H36N2O4S. The van der Waals surface area contributed by atoms with Gasteiger partial charge in [-0.15, -0.1) is 0 Å². The third-order valence-electron chi connectivity index (χ3n) is 5.36. The number of carbonyl (C=O) groups excluding carboxylic acids is 1. The van der Waals surface area contributed by atoms with Crippen LogP contribution in [0.4, 0.5) is 0 Å². The van der Waals surface area contributed by atoms with E-state index in [1.54, 1.807) is 17.8 Å². The standard InChI is InChI=1S/C27H29NO4S.C2H7N/c1-19-8-6-7-11-22(19)24-16-21(18-32-17-20-9-4-3-5-10-20)12-13-23(24)26(29)28-25(27(30)31)14-15-33-2;1-3-2/h3-13,16,25H,14-15,17-18H2,1-2H3,(H,28,29)(H,30,31);3H,1-2H3. The molecule has 1 atom stereocenters. The van der Waals surface area contributed by atoms with Crippen LogP contribution in [0.2, 0.25) is 0 Å². The molecule has 3 aromatic carbocycles. The lowest BCUT2D eigenvalue weighted by molar-refractivity contribution is -0.139. The minimum Gasteiger partial charge on any atom is -0.480 e. The van der Waals surface area contributed by atoms with Crippen LogP contribution in [0.1, 0.15) is 33.5 Å². The van der Waals surface area contributed by atoms with E-state index in [4.69, 9.17) is 4.74 Å². The summed E-state index contributed by atoms with van der Waals surface area (Å²) in [5, 5.41) is 15.0. The number of hydrogen-bond acceptors (Lipinski definition) is 5.